The van der Waals surface area contributed by atoms with E-state index in [9.17, 15) is 4.79 Å². The molecule has 6 heteroatoms. The predicted molar refractivity (Wildman–Crippen MR) is 121 cm³/mol. The Labute approximate surface area is 185 Å². The molecule has 0 fully saturated rings. The average Bonchev–Trinajstić information content (AvgIpc) is 3.13. The summed E-state index contributed by atoms with van der Waals surface area (Å²) in [6, 6.07) is 20.8. The summed E-state index contributed by atoms with van der Waals surface area (Å²) in [4.78, 5) is 16.7. The van der Waals surface area contributed by atoms with Crippen LogP contribution in [0.1, 0.15) is 22.3 Å². The first-order valence-electron chi connectivity index (χ1n) is 9.67. The van der Waals surface area contributed by atoms with E-state index in [1.807, 2.05) is 61.5 Å². The third-order valence-corrected chi connectivity index (χ3v) is 4.95. The van der Waals surface area contributed by atoms with Gasteiger partial charge in [0.2, 0.25) is 5.90 Å². The Morgan fingerprint density at radius 1 is 1.06 bits per heavy atom. The van der Waals surface area contributed by atoms with Crippen molar-refractivity contribution in [3.05, 3.63) is 99.7 Å². The minimum atomic E-state index is -0.518. The van der Waals surface area contributed by atoms with Gasteiger partial charge in [0, 0.05) is 5.56 Å². The molecule has 0 radical (unpaired) electrons. The first-order valence-corrected chi connectivity index (χ1v) is 10.0. The molecule has 0 amide bonds. The monoisotopic (exact) mass is 433 g/mol. The fourth-order valence-electron chi connectivity index (χ4n) is 3.16. The van der Waals surface area contributed by atoms with E-state index in [1.165, 1.54) is 7.11 Å². The van der Waals surface area contributed by atoms with Gasteiger partial charge in [0.15, 0.2) is 17.2 Å². The van der Waals surface area contributed by atoms with Gasteiger partial charge >= 0.3 is 5.97 Å². The van der Waals surface area contributed by atoms with Crippen LogP contribution in [-0.4, -0.2) is 19.0 Å². The maximum Gasteiger partial charge on any atom is 0.363 e. The minimum absolute atomic E-state index is 0.188. The summed E-state index contributed by atoms with van der Waals surface area (Å²) >= 11 is 6.46. The summed E-state index contributed by atoms with van der Waals surface area (Å²) < 4.78 is 16.7. The van der Waals surface area contributed by atoms with Crippen molar-refractivity contribution in [2.24, 2.45) is 4.99 Å². The molecule has 0 bridgehead atoms. The number of rotatable bonds is 6. The van der Waals surface area contributed by atoms with Gasteiger partial charge in [-0.2, -0.15) is 0 Å². The number of aliphatic imine (C=N–C) groups is 1. The van der Waals surface area contributed by atoms with Crippen LogP contribution in [0.15, 0.2) is 77.4 Å². The number of hydrogen-bond donors (Lipinski definition) is 0. The Morgan fingerprint density at radius 2 is 1.87 bits per heavy atom. The van der Waals surface area contributed by atoms with Crippen LogP contribution in [0.3, 0.4) is 0 Å². The molecule has 1 aliphatic rings. The molecule has 1 heterocycles. The van der Waals surface area contributed by atoms with Crippen LogP contribution in [0.5, 0.6) is 11.5 Å². The van der Waals surface area contributed by atoms with Crippen molar-refractivity contribution in [3.8, 4) is 11.5 Å². The minimum Gasteiger partial charge on any atom is -0.493 e. The summed E-state index contributed by atoms with van der Waals surface area (Å²) in [6.07, 6.45) is 1.61. The molecular formula is C25H20ClNO4. The second kappa shape index (κ2) is 9.06. The van der Waals surface area contributed by atoms with Gasteiger partial charge in [0.05, 0.1) is 12.1 Å². The standard InChI is InChI=1S/C25H20ClNO4/c1-16-7-6-10-19(11-16)24-27-21(25(28)31-24)13-18-12-20(26)23(22(14-18)29-2)30-15-17-8-4-3-5-9-17/h3-14H,15H2,1-2H3/b21-13-. The quantitative estimate of drug-likeness (QED) is 0.376. The summed E-state index contributed by atoms with van der Waals surface area (Å²) in [5.41, 5.74) is 3.65. The molecule has 0 unspecified atom stereocenters. The molecular weight excluding hydrogens is 414 g/mol. The SMILES string of the molecule is COc1cc(/C=C2\N=C(c3cccc(C)c3)OC2=O)cc(Cl)c1OCc1ccccc1. The van der Waals surface area contributed by atoms with Crippen molar-refractivity contribution >= 4 is 29.5 Å². The number of ether oxygens (including phenoxy) is 3. The number of carbonyl (C=O) groups excluding carboxylic acids is 1. The van der Waals surface area contributed by atoms with E-state index >= 15 is 0 Å². The molecule has 3 aromatic carbocycles. The smallest absolute Gasteiger partial charge is 0.363 e. The second-order valence-electron chi connectivity index (χ2n) is 7.01. The number of cyclic esters (lactones) is 1. The highest BCUT2D eigenvalue weighted by Crippen LogP contribution is 2.38. The van der Waals surface area contributed by atoms with Gasteiger partial charge in [0.25, 0.3) is 0 Å². The van der Waals surface area contributed by atoms with E-state index in [4.69, 9.17) is 25.8 Å². The van der Waals surface area contributed by atoms with Crippen LogP contribution in [0, 0.1) is 6.92 Å². The molecule has 31 heavy (non-hydrogen) atoms. The molecule has 0 saturated heterocycles. The Bertz CT molecular complexity index is 1190. The van der Waals surface area contributed by atoms with Gasteiger partial charge in [0.1, 0.15) is 6.61 Å². The lowest BCUT2D eigenvalue weighted by molar-refractivity contribution is -0.129. The van der Waals surface area contributed by atoms with Crippen LogP contribution in [0.4, 0.5) is 0 Å². The van der Waals surface area contributed by atoms with E-state index < -0.39 is 5.97 Å². The Morgan fingerprint density at radius 3 is 2.61 bits per heavy atom. The zero-order chi connectivity index (χ0) is 21.8. The Kier molecular flexibility index (Phi) is 6.05. The normalized spacial score (nSPS) is 14.4. The lowest BCUT2D eigenvalue weighted by Crippen LogP contribution is -2.05. The molecule has 3 aromatic rings. The predicted octanol–water partition coefficient (Wildman–Crippen LogP) is 5.58. The number of halogens is 1. The highest BCUT2D eigenvalue weighted by atomic mass is 35.5. The van der Waals surface area contributed by atoms with Crippen LogP contribution in [0.25, 0.3) is 6.08 Å². The lowest BCUT2D eigenvalue weighted by atomic mass is 10.1. The molecule has 0 atom stereocenters. The molecule has 0 saturated carbocycles. The van der Waals surface area contributed by atoms with E-state index in [0.29, 0.717) is 28.7 Å². The number of nitrogens with zero attached hydrogens (tertiary/aromatic N) is 1. The molecule has 0 N–H and O–H groups in total. The fourth-order valence-corrected chi connectivity index (χ4v) is 3.44. The maximum absolute atomic E-state index is 12.3. The van der Waals surface area contributed by atoms with Gasteiger partial charge in [-0.25, -0.2) is 9.79 Å². The molecule has 0 spiro atoms. The van der Waals surface area contributed by atoms with Gasteiger partial charge in [-0.1, -0.05) is 59.6 Å². The molecule has 4 rings (SSSR count). The third kappa shape index (κ3) is 4.78. The summed E-state index contributed by atoms with van der Waals surface area (Å²) in [5.74, 6) is 0.662. The number of aryl methyl sites for hydroxylation is 1. The first-order chi connectivity index (χ1) is 15.0. The van der Waals surface area contributed by atoms with E-state index in [0.717, 1.165) is 16.7 Å². The fraction of sp³-hybridized carbons (Fsp3) is 0.120. The van der Waals surface area contributed by atoms with E-state index in [2.05, 4.69) is 4.99 Å². The van der Waals surface area contributed by atoms with Crippen molar-refractivity contribution in [2.75, 3.05) is 7.11 Å². The number of carbonyl (C=O) groups is 1. The zero-order valence-electron chi connectivity index (χ0n) is 17.1. The van der Waals surface area contributed by atoms with E-state index in [-0.39, 0.29) is 11.6 Å². The Hall–Kier alpha value is -3.57. The zero-order valence-corrected chi connectivity index (χ0v) is 17.8. The topological polar surface area (TPSA) is 57.1 Å². The molecule has 5 nitrogen and oxygen atoms in total. The highest BCUT2D eigenvalue weighted by Gasteiger charge is 2.24. The van der Waals surface area contributed by atoms with Gasteiger partial charge < -0.3 is 14.2 Å². The summed E-state index contributed by atoms with van der Waals surface area (Å²) in [7, 11) is 1.54. The second-order valence-corrected chi connectivity index (χ2v) is 7.42. The van der Waals surface area contributed by atoms with Crippen molar-refractivity contribution in [2.45, 2.75) is 13.5 Å². The number of hydrogen-bond acceptors (Lipinski definition) is 5. The van der Waals surface area contributed by atoms with Crippen LogP contribution in [0.2, 0.25) is 5.02 Å². The summed E-state index contributed by atoms with van der Waals surface area (Å²) in [5, 5.41) is 0.372. The number of benzene rings is 3. The van der Waals surface area contributed by atoms with Gasteiger partial charge in [-0.3, -0.25) is 0 Å². The number of methoxy groups -OCH3 is 1. The van der Waals surface area contributed by atoms with Gasteiger partial charge in [-0.15, -0.1) is 0 Å². The molecule has 1 aliphatic heterocycles. The van der Waals surface area contributed by atoms with Gasteiger partial charge in [-0.05, 0) is 48.4 Å². The van der Waals surface area contributed by atoms with Crippen molar-refractivity contribution in [1.82, 2.24) is 0 Å². The third-order valence-electron chi connectivity index (χ3n) is 4.67. The largest absolute Gasteiger partial charge is 0.493 e. The molecule has 156 valence electrons. The van der Waals surface area contributed by atoms with Crippen molar-refractivity contribution < 1.29 is 19.0 Å². The molecule has 0 aliphatic carbocycles. The lowest BCUT2D eigenvalue weighted by Gasteiger charge is -2.13. The average molecular weight is 434 g/mol. The van der Waals surface area contributed by atoms with E-state index in [1.54, 1.807) is 18.2 Å². The highest BCUT2D eigenvalue weighted by molar-refractivity contribution is 6.32. The Balaban J connectivity index is 1.60. The van der Waals surface area contributed by atoms with Crippen LogP contribution < -0.4 is 9.47 Å². The van der Waals surface area contributed by atoms with Crippen molar-refractivity contribution in [3.63, 3.8) is 0 Å². The summed E-state index contributed by atoms with van der Waals surface area (Å²) in [6.45, 7) is 2.32. The number of esters is 1. The molecule has 0 aromatic heterocycles. The van der Waals surface area contributed by atoms with Crippen LogP contribution >= 0.6 is 11.6 Å². The maximum atomic E-state index is 12.3. The van der Waals surface area contributed by atoms with Crippen LogP contribution in [-0.2, 0) is 16.1 Å². The first kappa shape index (κ1) is 20.7. The van der Waals surface area contributed by atoms with Crippen molar-refractivity contribution in [1.29, 1.82) is 0 Å².